The van der Waals surface area contributed by atoms with Crippen molar-refractivity contribution in [1.29, 1.82) is 0 Å². The number of Topliss-reactive ketones (excluding diaryl/α,β-unsaturated/α-hetero) is 1. The quantitative estimate of drug-likeness (QED) is 0.711. The molecule has 0 aromatic heterocycles. The van der Waals surface area contributed by atoms with E-state index in [9.17, 15) is 14.4 Å². The lowest BCUT2D eigenvalue weighted by Crippen LogP contribution is -2.44. The lowest BCUT2D eigenvalue weighted by atomic mass is 9.71. The van der Waals surface area contributed by atoms with Crippen molar-refractivity contribution in [2.24, 2.45) is 10.8 Å². The average Bonchev–Trinajstić information content (AvgIpc) is 3.23. The fourth-order valence-corrected chi connectivity index (χ4v) is 5.00. The standard InChI is InChI=1S/C11H19NO3.C9H13NO2/c1-14-11(15-2)5-3-10(4-6-11)7-8-12-9(10)13;11-7-1-3-9(4-2-7)5-6-10-8(9)12/h3-8H2,1-2H3,(H,12,13);1-6H2,(H,10,12). The van der Waals surface area contributed by atoms with Crippen LogP contribution in [0.5, 0.6) is 0 Å². The SMILES string of the molecule is COC1(OC)CCC2(CCNC2=O)CC1.O=C1CCC2(CCNC2=O)CC1. The maximum atomic E-state index is 11.7. The molecule has 2 saturated carbocycles. The Morgan fingerprint density at radius 3 is 1.48 bits per heavy atom. The second-order valence-corrected chi connectivity index (χ2v) is 8.43. The summed E-state index contributed by atoms with van der Waals surface area (Å²) in [7, 11) is 3.35. The molecule has 4 rings (SSSR count). The van der Waals surface area contributed by atoms with Crippen molar-refractivity contribution in [3.8, 4) is 0 Å². The number of hydrogen-bond acceptors (Lipinski definition) is 5. The molecule has 2 heterocycles. The summed E-state index contributed by atoms with van der Waals surface area (Å²) in [4.78, 5) is 34.2. The number of methoxy groups -OCH3 is 2. The van der Waals surface area contributed by atoms with Crippen LogP contribution in [0.3, 0.4) is 0 Å². The highest BCUT2D eigenvalue weighted by Gasteiger charge is 2.49. The second-order valence-electron chi connectivity index (χ2n) is 8.43. The number of carbonyl (C=O) groups is 3. The van der Waals surface area contributed by atoms with Crippen molar-refractivity contribution in [3.05, 3.63) is 0 Å². The third-order valence-corrected chi connectivity index (χ3v) is 7.22. The van der Waals surface area contributed by atoms with Crippen LogP contribution < -0.4 is 10.6 Å². The van der Waals surface area contributed by atoms with Crippen LogP contribution in [0, 0.1) is 10.8 Å². The zero-order chi connectivity index (χ0) is 19.5. The molecule has 0 aromatic rings. The number of ether oxygens (including phenoxy) is 2. The summed E-state index contributed by atoms with van der Waals surface area (Å²) < 4.78 is 10.8. The Balaban J connectivity index is 0.000000159. The van der Waals surface area contributed by atoms with Crippen LogP contribution in [-0.4, -0.2) is 50.7 Å². The Kier molecular flexibility index (Phi) is 5.91. The zero-order valence-corrected chi connectivity index (χ0v) is 16.5. The average molecular weight is 380 g/mol. The predicted octanol–water partition coefficient (Wildman–Crippen LogP) is 1.69. The first-order valence-electron chi connectivity index (χ1n) is 10.1. The van der Waals surface area contributed by atoms with Crippen molar-refractivity contribution in [2.75, 3.05) is 27.3 Å². The minimum atomic E-state index is -0.450. The summed E-state index contributed by atoms with van der Waals surface area (Å²) in [5, 5.41) is 5.77. The third kappa shape index (κ3) is 3.90. The fraction of sp³-hybridized carbons (Fsp3) is 0.850. The lowest BCUT2D eigenvalue weighted by Gasteiger charge is -2.41. The molecule has 0 radical (unpaired) electrons. The molecule has 2 aliphatic heterocycles. The smallest absolute Gasteiger partial charge is 0.226 e. The molecule has 2 N–H and O–H groups in total. The topological polar surface area (TPSA) is 93.7 Å². The zero-order valence-electron chi connectivity index (χ0n) is 16.5. The van der Waals surface area contributed by atoms with Crippen LogP contribution in [0.4, 0.5) is 0 Å². The first-order chi connectivity index (χ1) is 12.9. The van der Waals surface area contributed by atoms with Gasteiger partial charge in [-0.05, 0) is 38.5 Å². The van der Waals surface area contributed by atoms with Gasteiger partial charge >= 0.3 is 0 Å². The Morgan fingerprint density at radius 1 is 0.667 bits per heavy atom. The second kappa shape index (κ2) is 7.87. The summed E-state index contributed by atoms with van der Waals surface area (Å²) >= 11 is 0. The molecule has 0 atom stereocenters. The predicted molar refractivity (Wildman–Crippen MR) is 98.8 cm³/mol. The van der Waals surface area contributed by atoms with E-state index in [-0.39, 0.29) is 22.6 Å². The number of hydrogen-bond donors (Lipinski definition) is 2. The van der Waals surface area contributed by atoms with Gasteiger partial charge in [0.25, 0.3) is 0 Å². The van der Waals surface area contributed by atoms with Gasteiger partial charge in [-0.1, -0.05) is 0 Å². The molecule has 2 aliphatic carbocycles. The van der Waals surface area contributed by atoms with E-state index in [1.54, 1.807) is 14.2 Å². The molecule has 7 nitrogen and oxygen atoms in total. The van der Waals surface area contributed by atoms with Gasteiger partial charge in [-0.2, -0.15) is 0 Å². The highest BCUT2D eigenvalue weighted by atomic mass is 16.7. The van der Waals surface area contributed by atoms with Crippen molar-refractivity contribution >= 4 is 17.6 Å². The molecule has 0 aromatic carbocycles. The van der Waals surface area contributed by atoms with Gasteiger partial charge in [-0.25, -0.2) is 0 Å². The molecular formula is C20H32N2O5. The van der Waals surface area contributed by atoms with Gasteiger partial charge in [-0.15, -0.1) is 0 Å². The largest absolute Gasteiger partial charge is 0.356 e. The van der Waals surface area contributed by atoms with E-state index >= 15 is 0 Å². The summed E-state index contributed by atoms with van der Waals surface area (Å²) in [5.74, 6) is 0.271. The highest BCUT2D eigenvalue weighted by Crippen LogP contribution is 2.46. The Hall–Kier alpha value is -1.47. The maximum absolute atomic E-state index is 11.7. The number of carbonyl (C=O) groups excluding carboxylic acids is 3. The maximum Gasteiger partial charge on any atom is 0.226 e. The molecule has 2 spiro atoms. The fourth-order valence-electron chi connectivity index (χ4n) is 5.00. The number of rotatable bonds is 2. The van der Waals surface area contributed by atoms with E-state index < -0.39 is 5.79 Å². The number of ketones is 1. The van der Waals surface area contributed by atoms with Gasteiger partial charge in [0.05, 0.1) is 10.8 Å². The minimum absolute atomic E-state index is 0.124. The summed E-state index contributed by atoms with van der Waals surface area (Å²) in [6, 6.07) is 0. The summed E-state index contributed by atoms with van der Waals surface area (Å²) in [5.41, 5.74) is -0.283. The van der Waals surface area contributed by atoms with Gasteiger partial charge in [0.1, 0.15) is 5.78 Å². The highest BCUT2D eigenvalue weighted by molar-refractivity contribution is 5.88. The molecular weight excluding hydrogens is 348 g/mol. The number of nitrogens with one attached hydrogen (secondary N) is 2. The van der Waals surface area contributed by atoms with E-state index in [1.165, 1.54) is 0 Å². The molecule has 7 heteroatoms. The van der Waals surface area contributed by atoms with Crippen LogP contribution >= 0.6 is 0 Å². The molecule has 27 heavy (non-hydrogen) atoms. The molecule has 2 saturated heterocycles. The van der Waals surface area contributed by atoms with E-state index in [1.807, 2.05) is 0 Å². The normalized spacial score (nSPS) is 27.9. The molecule has 152 valence electrons. The van der Waals surface area contributed by atoms with Gasteiger partial charge in [0.15, 0.2) is 5.79 Å². The van der Waals surface area contributed by atoms with E-state index in [2.05, 4.69) is 10.6 Å². The van der Waals surface area contributed by atoms with Gasteiger partial charge < -0.3 is 20.1 Å². The van der Waals surface area contributed by atoms with Crippen LogP contribution in [0.25, 0.3) is 0 Å². The molecule has 2 amide bonds. The van der Waals surface area contributed by atoms with Crippen LogP contribution in [0.15, 0.2) is 0 Å². The molecule has 4 aliphatic rings. The first-order valence-corrected chi connectivity index (χ1v) is 10.1. The molecule has 4 fully saturated rings. The Labute approximate surface area is 160 Å². The molecule has 0 unspecified atom stereocenters. The Morgan fingerprint density at radius 2 is 1.11 bits per heavy atom. The monoisotopic (exact) mass is 380 g/mol. The van der Waals surface area contributed by atoms with Crippen LogP contribution in [0.2, 0.25) is 0 Å². The van der Waals surface area contributed by atoms with E-state index in [4.69, 9.17) is 9.47 Å². The summed E-state index contributed by atoms with van der Waals surface area (Å²) in [6.07, 6.45) is 8.03. The van der Waals surface area contributed by atoms with Crippen molar-refractivity contribution in [2.45, 2.75) is 70.0 Å². The van der Waals surface area contributed by atoms with Gasteiger partial charge in [-0.3, -0.25) is 14.4 Å². The lowest BCUT2D eigenvalue weighted by molar-refractivity contribution is -0.232. The Bertz CT molecular complexity index is 579. The van der Waals surface area contributed by atoms with Crippen LogP contribution in [-0.2, 0) is 23.9 Å². The van der Waals surface area contributed by atoms with Crippen molar-refractivity contribution in [3.63, 3.8) is 0 Å². The van der Waals surface area contributed by atoms with Gasteiger partial charge in [0, 0.05) is 53.0 Å². The minimum Gasteiger partial charge on any atom is -0.356 e. The van der Waals surface area contributed by atoms with E-state index in [0.29, 0.717) is 18.6 Å². The molecule has 0 bridgehead atoms. The van der Waals surface area contributed by atoms with Gasteiger partial charge in [0.2, 0.25) is 11.8 Å². The summed E-state index contributed by atoms with van der Waals surface area (Å²) in [6.45, 7) is 1.62. The van der Waals surface area contributed by atoms with Crippen molar-refractivity contribution in [1.82, 2.24) is 10.6 Å². The van der Waals surface area contributed by atoms with E-state index in [0.717, 1.165) is 64.5 Å². The number of amides is 2. The van der Waals surface area contributed by atoms with Crippen LogP contribution in [0.1, 0.15) is 64.2 Å². The third-order valence-electron chi connectivity index (χ3n) is 7.22. The first kappa shape index (κ1) is 20.3. The van der Waals surface area contributed by atoms with Crippen molar-refractivity contribution < 1.29 is 23.9 Å².